The van der Waals surface area contributed by atoms with Crippen LogP contribution in [0.3, 0.4) is 0 Å². The van der Waals surface area contributed by atoms with Crippen molar-refractivity contribution in [2.45, 2.75) is 16.3 Å². The average molecular weight is 422 g/mol. The van der Waals surface area contributed by atoms with Gasteiger partial charge in [0.1, 0.15) is 5.82 Å². The molecule has 152 valence electrons. The molecule has 1 aromatic heterocycles. The molecule has 0 atom stereocenters. The fourth-order valence-corrected chi connectivity index (χ4v) is 4.29. The van der Waals surface area contributed by atoms with Gasteiger partial charge in [-0.1, -0.05) is 48.5 Å². The number of benzene rings is 3. The number of anilines is 1. The van der Waals surface area contributed by atoms with Gasteiger partial charge in [0.15, 0.2) is 0 Å². The van der Waals surface area contributed by atoms with Crippen LogP contribution in [0.25, 0.3) is 11.5 Å². The number of oxazole rings is 1. The fraction of sp³-hybridized carbons (Fsp3) is 0.0870. The molecule has 4 rings (SSSR count). The van der Waals surface area contributed by atoms with Crippen LogP contribution in [0.5, 0.6) is 0 Å². The second-order valence-electron chi connectivity index (χ2n) is 6.64. The van der Waals surface area contributed by atoms with Gasteiger partial charge in [-0.05, 0) is 48.4 Å². The van der Waals surface area contributed by atoms with Gasteiger partial charge in [-0.15, -0.1) is 0 Å². The molecular weight excluding hydrogens is 403 g/mol. The summed E-state index contributed by atoms with van der Waals surface area (Å²) in [7, 11) is -3.90. The van der Waals surface area contributed by atoms with Crippen LogP contribution in [0.1, 0.15) is 5.56 Å². The van der Waals surface area contributed by atoms with Crippen molar-refractivity contribution in [2.24, 2.45) is 0 Å². The molecule has 1 N–H and O–H groups in total. The summed E-state index contributed by atoms with van der Waals surface area (Å²) < 4.78 is 45.4. The molecule has 0 aliphatic rings. The van der Waals surface area contributed by atoms with E-state index in [9.17, 15) is 12.8 Å². The molecule has 0 unspecified atom stereocenters. The maximum Gasteiger partial charge on any atom is 0.233 e. The Bertz CT molecular complexity index is 1220. The van der Waals surface area contributed by atoms with E-state index in [0.29, 0.717) is 18.5 Å². The average Bonchev–Trinajstić information content (AvgIpc) is 3.21. The van der Waals surface area contributed by atoms with E-state index in [4.69, 9.17) is 4.42 Å². The number of nitrogens with one attached hydrogen (secondary N) is 1. The van der Waals surface area contributed by atoms with Crippen molar-refractivity contribution in [1.82, 2.24) is 4.98 Å². The lowest BCUT2D eigenvalue weighted by Crippen LogP contribution is -2.09. The first kappa shape index (κ1) is 19.8. The molecule has 0 radical (unpaired) electrons. The summed E-state index contributed by atoms with van der Waals surface area (Å²) >= 11 is 0. The molecular formula is C23H19FN2O3S. The van der Waals surface area contributed by atoms with Gasteiger partial charge in [-0.2, -0.15) is 4.98 Å². The first-order valence-corrected chi connectivity index (χ1v) is 10.9. The number of sulfone groups is 1. The van der Waals surface area contributed by atoms with Crippen molar-refractivity contribution in [3.63, 3.8) is 0 Å². The van der Waals surface area contributed by atoms with Gasteiger partial charge in [0, 0.05) is 12.1 Å². The highest BCUT2D eigenvalue weighted by Gasteiger charge is 2.28. The van der Waals surface area contributed by atoms with Gasteiger partial charge in [0.2, 0.25) is 26.6 Å². The first-order valence-electron chi connectivity index (χ1n) is 9.39. The number of halogens is 1. The topological polar surface area (TPSA) is 72.2 Å². The minimum atomic E-state index is -3.90. The normalized spacial score (nSPS) is 11.4. The van der Waals surface area contributed by atoms with Crippen LogP contribution in [0.15, 0.2) is 99.3 Å². The van der Waals surface area contributed by atoms with E-state index >= 15 is 0 Å². The lowest BCUT2D eigenvalue weighted by molar-refractivity contribution is 0.576. The molecule has 3 aromatic carbocycles. The number of nitrogens with zero attached hydrogens (tertiary/aromatic N) is 1. The molecule has 0 amide bonds. The lowest BCUT2D eigenvalue weighted by Gasteiger charge is -2.06. The molecule has 0 aliphatic carbocycles. The van der Waals surface area contributed by atoms with Crippen LogP contribution in [0, 0.1) is 5.82 Å². The summed E-state index contributed by atoms with van der Waals surface area (Å²) in [4.78, 5) is 4.36. The Morgan fingerprint density at radius 3 is 2.17 bits per heavy atom. The summed E-state index contributed by atoms with van der Waals surface area (Å²) in [5.41, 5.74) is 1.59. The molecule has 0 aliphatic heterocycles. The van der Waals surface area contributed by atoms with Crippen molar-refractivity contribution >= 4 is 15.7 Å². The lowest BCUT2D eigenvalue weighted by atomic mass is 10.1. The van der Waals surface area contributed by atoms with Crippen LogP contribution in [0.4, 0.5) is 10.3 Å². The second kappa shape index (κ2) is 8.51. The summed E-state index contributed by atoms with van der Waals surface area (Å²) in [6.45, 7) is 0.458. The van der Waals surface area contributed by atoms with Crippen molar-refractivity contribution in [3.8, 4) is 11.5 Å². The van der Waals surface area contributed by atoms with Gasteiger partial charge >= 0.3 is 0 Å². The van der Waals surface area contributed by atoms with Gasteiger partial charge in [0.05, 0.1) is 4.90 Å². The molecule has 0 fully saturated rings. The third kappa shape index (κ3) is 4.26. The van der Waals surface area contributed by atoms with Crippen molar-refractivity contribution in [1.29, 1.82) is 0 Å². The van der Waals surface area contributed by atoms with Crippen LogP contribution >= 0.6 is 0 Å². The SMILES string of the molecule is O=S(=O)(c1ccccc1)c1nc(-c2ccc(F)cc2)oc1NCCc1ccccc1. The van der Waals surface area contributed by atoms with E-state index in [-0.39, 0.29) is 21.7 Å². The van der Waals surface area contributed by atoms with Crippen LogP contribution in [-0.2, 0) is 16.3 Å². The molecule has 0 spiro atoms. The van der Waals surface area contributed by atoms with E-state index in [1.165, 1.54) is 36.4 Å². The highest BCUT2D eigenvalue weighted by molar-refractivity contribution is 7.91. The second-order valence-corrected chi connectivity index (χ2v) is 8.50. The van der Waals surface area contributed by atoms with Gasteiger partial charge in [0.25, 0.3) is 0 Å². The Balaban J connectivity index is 1.68. The number of hydrogen-bond acceptors (Lipinski definition) is 5. The van der Waals surface area contributed by atoms with E-state index in [2.05, 4.69) is 10.3 Å². The zero-order chi connectivity index (χ0) is 21.0. The summed E-state index contributed by atoms with van der Waals surface area (Å²) in [6.07, 6.45) is 0.679. The molecule has 0 bridgehead atoms. The monoisotopic (exact) mass is 422 g/mol. The van der Waals surface area contributed by atoms with Gasteiger partial charge in [-0.25, -0.2) is 12.8 Å². The smallest absolute Gasteiger partial charge is 0.233 e. The third-order valence-electron chi connectivity index (χ3n) is 4.54. The van der Waals surface area contributed by atoms with Crippen molar-refractivity contribution < 1.29 is 17.2 Å². The quantitative estimate of drug-likeness (QED) is 0.455. The van der Waals surface area contributed by atoms with Crippen LogP contribution in [-0.4, -0.2) is 19.9 Å². The van der Waals surface area contributed by atoms with E-state index in [0.717, 1.165) is 5.56 Å². The van der Waals surface area contributed by atoms with E-state index in [1.54, 1.807) is 18.2 Å². The van der Waals surface area contributed by atoms with Gasteiger partial charge < -0.3 is 9.73 Å². The van der Waals surface area contributed by atoms with E-state index < -0.39 is 15.7 Å². The molecule has 5 nitrogen and oxygen atoms in total. The maximum absolute atomic E-state index is 13.3. The van der Waals surface area contributed by atoms with Crippen LogP contribution in [0.2, 0.25) is 0 Å². The third-order valence-corrected chi connectivity index (χ3v) is 6.22. The summed E-state index contributed by atoms with van der Waals surface area (Å²) in [5.74, 6) is -0.232. The molecule has 7 heteroatoms. The minimum absolute atomic E-state index is 0.0640. The number of aromatic nitrogens is 1. The molecule has 1 heterocycles. The Hall–Kier alpha value is -3.45. The summed E-state index contributed by atoms with van der Waals surface area (Å²) in [5, 5.41) is 2.86. The van der Waals surface area contributed by atoms with Crippen molar-refractivity contribution in [2.75, 3.05) is 11.9 Å². The Kier molecular flexibility index (Phi) is 5.63. The fourth-order valence-electron chi connectivity index (χ4n) is 2.99. The van der Waals surface area contributed by atoms with Crippen molar-refractivity contribution in [3.05, 3.63) is 96.3 Å². The highest BCUT2D eigenvalue weighted by Crippen LogP contribution is 2.32. The highest BCUT2D eigenvalue weighted by atomic mass is 32.2. The Labute approximate surface area is 174 Å². The zero-order valence-corrected chi connectivity index (χ0v) is 16.8. The van der Waals surface area contributed by atoms with E-state index in [1.807, 2.05) is 30.3 Å². The Morgan fingerprint density at radius 2 is 1.50 bits per heavy atom. The van der Waals surface area contributed by atoms with Gasteiger partial charge in [-0.3, -0.25) is 0 Å². The Morgan fingerprint density at radius 1 is 0.867 bits per heavy atom. The standard InChI is InChI=1S/C23H19FN2O3S/c24-19-13-11-18(12-14-19)21-26-23(30(27,28)20-9-5-2-6-10-20)22(29-21)25-16-15-17-7-3-1-4-8-17/h1-14,25H,15-16H2. The minimum Gasteiger partial charge on any atom is -0.419 e. The molecule has 4 aromatic rings. The number of rotatable bonds is 7. The predicted molar refractivity (Wildman–Crippen MR) is 112 cm³/mol. The summed E-state index contributed by atoms with van der Waals surface area (Å²) in [6, 6.07) is 23.4. The predicted octanol–water partition coefficient (Wildman–Crippen LogP) is 4.97. The first-order chi connectivity index (χ1) is 14.5. The molecule has 30 heavy (non-hydrogen) atoms. The largest absolute Gasteiger partial charge is 0.419 e. The zero-order valence-electron chi connectivity index (χ0n) is 16.0. The molecule has 0 saturated heterocycles. The van der Waals surface area contributed by atoms with Crippen LogP contribution < -0.4 is 5.32 Å². The maximum atomic E-state index is 13.3. The number of hydrogen-bond donors (Lipinski definition) is 1. The molecule has 0 saturated carbocycles.